The predicted octanol–water partition coefficient (Wildman–Crippen LogP) is 1.14. The van der Waals surface area contributed by atoms with E-state index in [4.69, 9.17) is 5.73 Å². The normalized spacial score (nSPS) is 12.0. The number of aryl methyl sites for hydroxylation is 1. The maximum Gasteiger partial charge on any atom is 0.272 e. The highest BCUT2D eigenvalue weighted by atomic mass is 32.1. The third-order valence-corrected chi connectivity index (χ3v) is 2.48. The van der Waals surface area contributed by atoms with Crippen molar-refractivity contribution in [1.82, 2.24) is 10.3 Å². The number of nitrogens with one attached hydrogen (secondary N) is 1. The molecule has 0 atom stereocenters. The van der Waals surface area contributed by atoms with Crippen molar-refractivity contribution < 1.29 is 8.78 Å². The third kappa shape index (κ3) is 3.65. The first-order valence-electron chi connectivity index (χ1n) is 4.23. The summed E-state index contributed by atoms with van der Waals surface area (Å²) in [6.07, 6.45) is 0. The summed E-state index contributed by atoms with van der Waals surface area (Å²) in [6, 6.07) is 0. The highest BCUT2D eigenvalue weighted by Crippen LogP contribution is 2.10. The van der Waals surface area contributed by atoms with Gasteiger partial charge in [0.15, 0.2) is 0 Å². The van der Waals surface area contributed by atoms with Crippen LogP contribution < -0.4 is 11.1 Å². The molecule has 1 aromatic rings. The highest BCUT2D eigenvalue weighted by Gasteiger charge is 2.25. The van der Waals surface area contributed by atoms with Gasteiger partial charge in [0.1, 0.15) is 0 Å². The minimum Gasteiger partial charge on any atom is -0.325 e. The monoisotopic (exact) mass is 221 g/mol. The lowest BCUT2D eigenvalue weighted by Gasteiger charge is -2.13. The standard InChI is InChI=1S/C8H13F2N3S/c1-6-13-7(3-14-6)2-12-5-8(9,10)4-11/h3,12H,2,4-5,11H2,1H3. The van der Waals surface area contributed by atoms with Crippen molar-refractivity contribution in [2.24, 2.45) is 5.73 Å². The van der Waals surface area contributed by atoms with Crippen LogP contribution in [0.1, 0.15) is 10.7 Å². The van der Waals surface area contributed by atoms with Crippen molar-refractivity contribution in [3.8, 4) is 0 Å². The van der Waals surface area contributed by atoms with E-state index in [1.54, 1.807) is 0 Å². The first-order chi connectivity index (χ1) is 6.53. The van der Waals surface area contributed by atoms with Crippen molar-refractivity contribution in [1.29, 1.82) is 0 Å². The number of hydrogen-bond donors (Lipinski definition) is 2. The molecule has 0 aliphatic heterocycles. The van der Waals surface area contributed by atoms with Crippen LogP contribution in [0, 0.1) is 6.92 Å². The molecule has 0 saturated heterocycles. The van der Waals surface area contributed by atoms with E-state index in [2.05, 4.69) is 10.3 Å². The quantitative estimate of drug-likeness (QED) is 0.783. The van der Waals surface area contributed by atoms with E-state index in [0.717, 1.165) is 10.7 Å². The van der Waals surface area contributed by atoms with E-state index >= 15 is 0 Å². The molecule has 1 aromatic heterocycles. The molecule has 0 saturated carbocycles. The number of nitrogens with two attached hydrogens (primary N) is 1. The lowest BCUT2D eigenvalue weighted by atomic mass is 10.3. The van der Waals surface area contributed by atoms with Gasteiger partial charge in [0.2, 0.25) is 0 Å². The second kappa shape index (κ2) is 4.77. The van der Waals surface area contributed by atoms with Gasteiger partial charge in [-0.2, -0.15) is 0 Å². The van der Waals surface area contributed by atoms with Gasteiger partial charge in [0, 0.05) is 11.9 Å². The summed E-state index contributed by atoms with van der Waals surface area (Å²) < 4.78 is 25.3. The van der Waals surface area contributed by atoms with Gasteiger partial charge in [-0.1, -0.05) is 0 Å². The number of rotatable bonds is 5. The number of aromatic nitrogens is 1. The number of hydrogen-bond acceptors (Lipinski definition) is 4. The first-order valence-corrected chi connectivity index (χ1v) is 5.11. The Labute approximate surface area is 85.3 Å². The van der Waals surface area contributed by atoms with Gasteiger partial charge in [-0.15, -0.1) is 11.3 Å². The first kappa shape index (κ1) is 11.5. The zero-order chi connectivity index (χ0) is 10.6. The number of nitrogens with zero attached hydrogens (tertiary/aromatic N) is 1. The fourth-order valence-electron chi connectivity index (χ4n) is 0.935. The Morgan fingerprint density at radius 3 is 2.86 bits per heavy atom. The largest absolute Gasteiger partial charge is 0.325 e. The summed E-state index contributed by atoms with van der Waals surface area (Å²) in [7, 11) is 0. The fourth-order valence-corrected chi connectivity index (χ4v) is 1.55. The van der Waals surface area contributed by atoms with Crippen LogP contribution in [0.2, 0.25) is 0 Å². The van der Waals surface area contributed by atoms with E-state index in [9.17, 15) is 8.78 Å². The Morgan fingerprint density at radius 1 is 1.64 bits per heavy atom. The Balaban J connectivity index is 2.28. The Morgan fingerprint density at radius 2 is 2.36 bits per heavy atom. The second-order valence-electron chi connectivity index (χ2n) is 3.02. The fraction of sp³-hybridized carbons (Fsp3) is 0.625. The lowest BCUT2D eigenvalue weighted by molar-refractivity contribution is 0.0115. The molecule has 0 fully saturated rings. The smallest absolute Gasteiger partial charge is 0.272 e. The highest BCUT2D eigenvalue weighted by molar-refractivity contribution is 7.09. The average Bonchev–Trinajstić information content (AvgIpc) is 2.51. The van der Waals surface area contributed by atoms with Crippen molar-refractivity contribution in [3.05, 3.63) is 16.1 Å². The molecule has 0 spiro atoms. The molecule has 3 N–H and O–H groups in total. The number of alkyl halides is 2. The second-order valence-corrected chi connectivity index (χ2v) is 4.08. The van der Waals surface area contributed by atoms with Crippen LogP contribution in [0.3, 0.4) is 0 Å². The molecular formula is C8H13F2N3S. The van der Waals surface area contributed by atoms with Crippen LogP contribution in [0.15, 0.2) is 5.38 Å². The summed E-state index contributed by atoms with van der Waals surface area (Å²) in [4.78, 5) is 4.14. The molecule has 80 valence electrons. The van der Waals surface area contributed by atoms with Crippen LogP contribution >= 0.6 is 11.3 Å². The Kier molecular flexibility index (Phi) is 3.91. The van der Waals surface area contributed by atoms with E-state index in [1.165, 1.54) is 11.3 Å². The summed E-state index contributed by atoms with van der Waals surface area (Å²) in [5, 5.41) is 5.41. The molecule has 0 aliphatic carbocycles. The van der Waals surface area contributed by atoms with Gasteiger partial charge in [0.25, 0.3) is 5.92 Å². The van der Waals surface area contributed by atoms with Gasteiger partial charge >= 0.3 is 0 Å². The molecule has 0 amide bonds. The van der Waals surface area contributed by atoms with E-state index < -0.39 is 19.0 Å². The predicted molar refractivity (Wildman–Crippen MR) is 52.6 cm³/mol. The van der Waals surface area contributed by atoms with Crippen molar-refractivity contribution >= 4 is 11.3 Å². The van der Waals surface area contributed by atoms with Crippen molar-refractivity contribution in [2.45, 2.75) is 19.4 Å². The molecular weight excluding hydrogens is 208 g/mol. The molecule has 0 aromatic carbocycles. The van der Waals surface area contributed by atoms with Crippen LogP contribution in [0.5, 0.6) is 0 Å². The Hall–Kier alpha value is -0.590. The summed E-state index contributed by atoms with van der Waals surface area (Å²) in [6.45, 7) is 1.21. The van der Waals surface area contributed by atoms with E-state index in [1.807, 2.05) is 12.3 Å². The van der Waals surface area contributed by atoms with Gasteiger partial charge in [0.05, 0.1) is 23.8 Å². The average molecular weight is 221 g/mol. The molecule has 1 rings (SSSR count). The summed E-state index contributed by atoms with van der Waals surface area (Å²) >= 11 is 1.50. The molecule has 0 radical (unpaired) electrons. The zero-order valence-corrected chi connectivity index (χ0v) is 8.70. The SMILES string of the molecule is Cc1nc(CNCC(F)(F)CN)cs1. The van der Waals surface area contributed by atoms with Gasteiger partial charge in [-0.05, 0) is 6.92 Å². The van der Waals surface area contributed by atoms with Gasteiger partial charge < -0.3 is 11.1 Å². The van der Waals surface area contributed by atoms with Crippen LogP contribution in [-0.2, 0) is 6.54 Å². The van der Waals surface area contributed by atoms with E-state index in [-0.39, 0.29) is 0 Å². The number of thiazole rings is 1. The van der Waals surface area contributed by atoms with Crippen LogP contribution in [0.25, 0.3) is 0 Å². The van der Waals surface area contributed by atoms with Crippen molar-refractivity contribution in [2.75, 3.05) is 13.1 Å². The Bertz CT molecular complexity index is 288. The van der Waals surface area contributed by atoms with Crippen molar-refractivity contribution in [3.63, 3.8) is 0 Å². The summed E-state index contributed by atoms with van der Waals surface area (Å²) in [5.74, 6) is -2.83. The molecule has 6 heteroatoms. The van der Waals surface area contributed by atoms with Gasteiger partial charge in [-0.3, -0.25) is 0 Å². The molecule has 14 heavy (non-hydrogen) atoms. The van der Waals surface area contributed by atoms with Crippen LogP contribution in [0.4, 0.5) is 8.78 Å². The molecule has 0 aliphatic rings. The van der Waals surface area contributed by atoms with Gasteiger partial charge in [-0.25, -0.2) is 13.8 Å². The maximum atomic E-state index is 12.7. The lowest BCUT2D eigenvalue weighted by Crippen LogP contribution is -2.38. The van der Waals surface area contributed by atoms with E-state index in [0.29, 0.717) is 6.54 Å². The molecule has 1 heterocycles. The molecule has 0 bridgehead atoms. The van der Waals surface area contributed by atoms with Crippen LogP contribution in [-0.4, -0.2) is 24.0 Å². The number of halogens is 2. The third-order valence-electron chi connectivity index (χ3n) is 1.65. The summed E-state index contributed by atoms with van der Waals surface area (Å²) in [5.41, 5.74) is 5.68. The molecule has 0 unspecified atom stereocenters. The minimum absolute atomic E-state index is 0.361. The molecule has 3 nitrogen and oxygen atoms in total. The topological polar surface area (TPSA) is 50.9 Å². The maximum absolute atomic E-state index is 12.7. The minimum atomic E-state index is -2.83. The zero-order valence-electron chi connectivity index (χ0n) is 7.89.